The molecule has 9 heteroatoms. The van der Waals surface area contributed by atoms with Crippen LogP contribution < -0.4 is 5.32 Å². The molecule has 4 rings (SSSR count). The second-order valence-corrected chi connectivity index (χ2v) is 10.4. The van der Waals surface area contributed by atoms with Crippen LogP contribution >= 0.6 is 11.6 Å². The fourth-order valence-corrected chi connectivity index (χ4v) is 6.20. The summed E-state index contributed by atoms with van der Waals surface area (Å²) in [6, 6.07) is 6.63. The van der Waals surface area contributed by atoms with Gasteiger partial charge in [0.1, 0.15) is 5.60 Å². The lowest BCUT2D eigenvalue weighted by molar-refractivity contribution is -0.117. The largest absolute Gasteiger partial charge is 0.369 e. The molecule has 0 radical (unpaired) electrons. The van der Waals surface area contributed by atoms with Crippen molar-refractivity contribution in [2.75, 3.05) is 50.4 Å². The molecular formula is C18H24ClN3O4S. The lowest BCUT2D eigenvalue weighted by Gasteiger charge is -2.52. The number of likely N-dealkylation sites (tertiary alicyclic amines) is 2. The highest BCUT2D eigenvalue weighted by Crippen LogP contribution is 2.33. The Morgan fingerprint density at radius 1 is 1.30 bits per heavy atom. The van der Waals surface area contributed by atoms with E-state index < -0.39 is 20.7 Å². The highest BCUT2D eigenvalue weighted by molar-refractivity contribution is 7.92. The third-order valence-corrected chi connectivity index (χ3v) is 7.99. The Bertz CT molecular complexity index is 820. The van der Waals surface area contributed by atoms with Crippen molar-refractivity contribution < 1.29 is 17.9 Å². The minimum absolute atomic E-state index is 0.0144. The Hall–Kier alpha value is -1.35. The van der Waals surface area contributed by atoms with Crippen LogP contribution in [-0.4, -0.2) is 80.2 Å². The van der Waals surface area contributed by atoms with Gasteiger partial charge < -0.3 is 19.9 Å². The van der Waals surface area contributed by atoms with Gasteiger partial charge in [-0.15, -0.1) is 0 Å². The maximum atomic E-state index is 12.7. The standard InChI is InChI=1S/C18H24ClN3O4S/c19-14-4-3-5-15(8-14)20-17(23)22-11-18(12-22)13-27(24,25)16(10-26-18)9-21-6-1-2-7-21/h3-5,8,16H,1-2,6-7,9-13H2,(H,20,23)/t16-/m0/s1. The van der Waals surface area contributed by atoms with Crippen molar-refractivity contribution in [1.29, 1.82) is 0 Å². The van der Waals surface area contributed by atoms with Gasteiger partial charge in [0.05, 0.1) is 30.7 Å². The van der Waals surface area contributed by atoms with Crippen molar-refractivity contribution in [3.05, 3.63) is 29.3 Å². The number of nitrogens with one attached hydrogen (secondary N) is 1. The number of halogens is 1. The number of hydrogen-bond acceptors (Lipinski definition) is 5. The summed E-state index contributed by atoms with van der Waals surface area (Å²) in [6.45, 7) is 3.27. The highest BCUT2D eigenvalue weighted by Gasteiger charge is 2.54. The first-order chi connectivity index (χ1) is 12.9. The second-order valence-electron chi connectivity index (χ2n) is 7.73. The lowest BCUT2D eigenvalue weighted by atomic mass is 9.96. The molecule has 3 heterocycles. The van der Waals surface area contributed by atoms with Crippen LogP contribution in [0.15, 0.2) is 24.3 Å². The van der Waals surface area contributed by atoms with Crippen LogP contribution in [0.25, 0.3) is 0 Å². The molecule has 3 saturated heterocycles. The third kappa shape index (κ3) is 4.08. The molecule has 7 nitrogen and oxygen atoms in total. The fourth-order valence-electron chi connectivity index (χ4n) is 4.06. The summed E-state index contributed by atoms with van der Waals surface area (Å²) in [4.78, 5) is 16.1. The minimum Gasteiger partial charge on any atom is -0.369 e. The van der Waals surface area contributed by atoms with Crippen molar-refractivity contribution in [2.24, 2.45) is 0 Å². The number of hydrogen-bond donors (Lipinski definition) is 1. The van der Waals surface area contributed by atoms with Crippen LogP contribution in [0.1, 0.15) is 12.8 Å². The summed E-state index contributed by atoms with van der Waals surface area (Å²) in [5.74, 6) is -0.0144. The first-order valence-corrected chi connectivity index (χ1v) is 11.3. The van der Waals surface area contributed by atoms with Gasteiger partial charge in [0, 0.05) is 17.3 Å². The van der Waals surface area contributed by atoms with Gasteiger partial charge in [-0.1, -0.05) is 17.7 Å². The molecular weight excluding hydrogens is 390 g/mol. The Balaban J connectivity index is 1.32. The summed E-state index contributed by atoms with van der Waals surface area (Å²) in [5.41, 5.74) is -0.150. The fraction of sp³-hybridized carbons (Fsp3) is 0.611. The van der Waals surface area contributed by atoms with E-state index >= 15 is 0 Å². The number of sulfone groups is 1. The predicted octanol–water partition coefficient (Wildman–Crippen LogP) is 1.84. The second kappa shape index (κ2) is 7.24. The molecule has 0 aromatic heterocycles. The van der Waals surface area contributed by atoms with Crippen molar-refractivity contribution in [1.82, 2.24) is 9.80 Å². The number of nitrogens with zero attached hydrogens (tertiary/aromatic N) is 2. The maximum absolute atomic E-state index is 12.7. The molecule has 148 valence electrons. The molecule has 0 saturated carbocycles. The molecule has 1 aromatic rings. The Morgan fingerprint density at radius 3 is 2.70 bits per heavy atom. The number of urea groups is 1. The molecule has 3 aliphatic rings. The molecule has 27 heavy (non-hydrogen) atoms. The Morgan fingerprint density at radius 2 is 2.04 bits per heavy atom. The smallest absolute Gasteiger partial charge is 0.322 e. The number of benzene rings is 1. The number of carbonyl (C=O) groups excluding carboxylic acids is 1. The molecule has 1 N–H and O–H groups in total. The van der Waals surface area contributed by atoms with E-state index in [2.05, 4.69) is 10.2 Å². The van der Waals surface area contributed by atoms with Crippen LogP contribution in [0.5, 0.6) is 0 Å². The number of ether oxygens (including phenoxy) is 1. The van der Waals surface area contributed by atoms with Crippen molar-refractivity contribution in [2.45, 2.75) is 23.7 Å². The van der Waals surface area contributed by atoms with E-state index in [0.717, 1.165) is 25.9 Å². The minimum atomic E-state index is -3.24. The van der Waals surface area contributed by atoms with E-state index in [9.17, 15) is 13.2 Å². The average Bonchev–Trinajstić information content (AvgIpc) is 3.07. The topological polar surface area (TPSA) is 79.0 Å². The first kappa shape index (κ1) is 19.0. The van der Waals surface area contributed by atoms with Gasteiger partial charge in [0.15, 0.2) is 9.84 Å². The third-order valence-electron chi connectivity index (χ3n) is 5.53. The summed E-state index contributed by atoms with van der Waals surface area (Å²) in [7, 11) is -3.24. The summed E-state index contributed by atoms with van der Waals surface area (Å²) in [5, 5.41) is 2.85. The van der Waals surface area contributed by atoms with Gasteiger partial charge >= 0.3 is 6.03 Å². The quantitative estimate of drug-likeness (QED) is 0.817. The van der Waals surface area contributed by atoms with Crippen LogP contribution in [0.3, 0.4) is 0 Å². The van der Waals surface area contributed by atoms with Gasteiger partial charge in [-0.2, -0.15) is 0 Å². The normalized spacial score (nSPS) is 26.7. The van der Waals surface area contributed by atoms with E-state index in [1.165, 1.54) is 0 Å². The summed E-state index contributed by atoms with van der Waals surface area (Å²) in [6.07, 6.45) is 2.27. The van der Waals surface area contributed by atoms with Crippen LogP contribution in [0.2, 0.25) is 5.02 Å². The molecule has 0 aliphatic carbocycles. The number of amides is 2. The first-order valence-electron chi connectivity index (χ1n) is 9.25. The molecule has 2 amide bonds. The summed E-state index contributed by atoms with van der Waals surface area (Å²) < 4.78 is 31.4. The molecule has 1 aromatic carbocycles. The predicted molar refractivity (Wildman–Crippen MR) is 104 cm³/mol. The van der Waals surface area contributed by atoms with E-state index in [4.69, 9.17) is 16.3 Å². The SMILES string of the molecule is O=C(Nc1cccc(Cl)c1)N1CC2(C1)CS(=O)(=O)[C@@H](CN1CCCC1)CO2. The number of rotatable bonds is 3. The van der Waals surface area contributed by atoms with Crippen molar-refractivity contribution in [3.63, 3.8) is 0 Å². The van der Waals surface area contributed by atoms with Crippen LogP contribution in [-0.2, 0) is 14.6 Å². The van der Waals surface area contributed by atoms with Gasteiger partial charge in [-0.25, -0.2) is 13.2 Å². The molecule has 3 fully saturated rings. The van der Waals surface area contributed by atoms with Crippen LogP contribution in [0, 0.1) is 0 Å². The van der Waals surface area contributed by atoms with Crippen molar-refractivity contribution >= 4 is 33.2 Å². The maximum Gasteiger partial charge on any atom is 0.322 e. The zero-order valence-electron chi connectivity index (χ0n) is 15.1. The Labute approximate surface area is 164 Å². The lowest BCUT2D eigenvalue weighted by Crippen LogP contribution is -2.71. The van der Waals surface area contributed by atoms with Gasteiger partial charge in [0.25, 0.3) is 0 Å². The summed E-state index contributed by atoms with van der Waals surface area (Å²) >= 11 is 5.92. The average molecular weight is 414 g/mol. The van der Waals surface area contributed by atoms with E-state index in [1.807, 2.05) is 0 Å². The van der Waals surface area contributed by atoms with E-state index in [1.54, 1.807) is 29.2 Å². The number of anilines is 1. The zero-order chi connectivity index (χ0) is 19.1. The van der Waals surface area contributed by atoms with Gasteiger partial charge in [0.2, 0.25) is 0 Å². The zero-order valence-corrected chi connectivity index (χ0v) is 16.6. The van der Waals surface area contributed by atoms with Gasteiger partial charge in [-0.05, 0) is 44.1 Å². The van der Waals surface area contributed by atoms with Crippen LogP contribution in [0.4, 0.5) is 10.5 Å². The monoisotopic (exact) mass is 413 g/mol. The molecule has 3 aliphatic heterocycles. The molecule has 0 unspecified atom stereocenters. The molecule has 1 spiro atoms. The highest BCUT2D eigenvalue weighted by atomic mass is 35.5. The Kier molecular flexibility index (Phi) is 5.09. The van der Waals surface area contributed by atoms with E-state index in [-0.39, 0.29) is 31.5 Å². The molecule has 1 atom stereocenters. The van der Waals surface area contributed by atoms with Crippen molar-refractivity contribution in [3.8, 4) is 0 Å². The van der Waals surface area contributed by atoms with Gasteiger partial charge in [-0.3, -0.25) is 0 Å². The molecule has 0 bridgehead atoms. The van der Waals surface area contributed by atoms with E-state index in [0.29, 0.717) is 17.3 Å². The number of carbonyl (C=O) groups is 1.